The van der Waals surface area contributed by atoms with E-state index in [1.807, 2.05) is 18.2 Å². The fourth-order valence-electron chi connectivity index (χ4n) is 2.20. The SMILES string of the molecule is CN(C)C(C)(C)CNc1nc(-c2ccncc2)nc2cnccc12. The van der Waals surface area contributed by atoms with Gasteiger partial charge in [0.2, 0.25) is 0 Å². The molecular formula is C18H22N6. The third-order valence-corrected chi connectivity index (χ3v) is 4.34. The lowest BCUT2D eigenvalue weighted by molar-refractivity contribution is 0.210. The number of aromatic nitrogens is 4. The molecule has 0 radical (unpaired) electrons. The minimum atomic E-state index is 0.00112. The highest BCUT2D eigenvalue weighted by Gasteiger charge is 2.21. The summed E-state index contributed by atoms with van der Waals surface area (Å²) in [6.07, 6.45) is 7.02. The minimum absolute atomic E-state index is 0.00112. The van der Waals surface area contributed by atoms with Crippen LogP contribution in [0.3, 0.4) is 0 Å². The van der Waals surface area contributed by atoms with E-state index in [1.165, 1.54) is 0 Å². The molecule has 0 saturated carbocycles. The van der Waals surface area contributed by atoms with Crippen LogP contribution in [0.4, 0.5) is 5.82 Å². The zero-order chi connectivity index (χ0) is 17.2. The monoisotopic (exact) mass is 322 g/mol. The highest BCUT2D eigenvalue weighted by Crippen LogP contribution is 2.24. The van der Waals surface area contributed by atoms with Crippen molar-refractivity contribution in [1.82, 2.24) is 24.8 Å². The summed E-state index contributed by atoms with van der Waals surface area (Å²) in [5.74, 6) is 1.49. The summed E-state index contributed by atoms with van der Waals surface area (Å²) in [7, 11) is 4.15. The summed E-state index contributed by atoms with van der Waals surface area (Å²) in [4.78, 5) is 19.8. The Morgan fingerprint density at radius 3 is 2.42 bits per heavy atom. The number of hydrogen-bond acceptors (Lipinski definition) is 6. The van der Waals surface area contributed by atoms with E-state index in [9.17, 15) is 0 Å². The molecule has 6 heteroatoms. The van der Waals surface area contributed by atoms with Crippen molar-refractivity contribution in [2.45, 2.75) is 19.4 Å². The van der Waals surface area contributed by atoms with Gasteiger partial charge in [-0.3, -0.25) is 9.97 Å². The average molecular weight is 322 g/mol. The van der Waals surface area contributed by atoms with Crippen LogP contribution in [0.15, 0.2) is 43.0 Å². The summed E-state index contributed by atoms with van der Waals surface area (Å²) in [6, 6.07) is 5.76. The number of likely N-dealkylation sites (N-methyl/N-ethyl adjacent to an activating group) is 1. The molecule has 0 spiro atoms. The van der Waals surface area contributed by atoms with E-state index >= 15 is 0 Å². The van der Waals surface area contributed by atoms with Gasteiger partial charge in [-0.1, -0.05) is 0 Å². The van der Waals surface area contributed by atoms with E-state index in [4.69, 9.17) is 4.98 Å². The quantitative estimate of drug-likeness (QED) is 0.779. The zero-order valence-corrected chi connectivity index (χ0v) is 14.5. The molecule has 1 N–H and O–H groups in total. The molecule has 6 nitrogen and oxygen atoms in total. The van der Waals surface area contributed by atoms with Gasteiger partial charge >= 0.3 is 0 Å². The number of fused-ring (bicyclic) bond motifs is 1. The van der Waals surface area contributed by atoms with Gasteiger partial charge in [0.25, 0.3) is 0 Å². The van der Waals surface area contributed by atoms with Crippen molar-refractivity contribution in [3.8, 4) is 11.4 Å². The van der Waals surface area contributed by atoms with Gasteiger partial charge in [-0.2, -0.15) is 0 Å². The van der Waals surface area contributed by atoms with Crippen molar-refractivity contribution in [2.75, 3.05) is 26.0 Å². The Balaban J connectivity index is 2.02. The Kier molecular flexibility index (Phi) is 4.40. The maximum atomic E-state index is 4.74. The van der Waals surface area contributed by atoms with Gasteiger partial charge in [-0.05, 0) is 46.1 Å². The smallest absolute Gasteiger partial charge is 0.162 e. The fraction of sp³-hybridized carbons (Fsp3) is 0.333. The lowest BCUT2D eigenvalue weighted by atomic mass is 10.0. The lowest BCUT2D eigenvalue weighted by Gasteiger charge is -2.33. The van der Waals surface area contributed by atoms with Crippen LogP contribution in [-0.4, -0.2) is 51.0 Å². The van der Waals surface area contributed by atoms with Crippen LogP contribution in [-0.2, 0) is 0 Å². The zero-order valence-electron chi connectivity index (χ0n) is 14.5. The Morgan fingerprint density at radius 1 is 1.00 bits per heavy atom. The fourth-order valence-corrected chi connectivity index (χ4v) is 2.20. The first-order valence-electron chi connectivity index (χ1n) is 7.91. The largest absolute Gasteiger partial charge is 0.368 e. The molecule has 3 heterocycles. The molecule has 0 unspecified atom stereocenters. The molecule has 0 saturated heterocycles. The Bertz CT molecular complexity index is 829. The van der Waals surface area contributed by atoms with Gasteiger partial charge in [-0.25, -0.2) is 9.97 Å². The van der Waals surface area contributed by atoms with Crippen LogP contribution in [0.25, 0.3) is 22.3 Å². The number of nitrogens with one attached hydrogen (secondary N) is 1. The van der Waals surface area contributed by atoms with Crippen LogP contribution < -0.4 is 5.32 Å². The molecule has 3 aromatic heterocycles. The highest BCUT2D eigenvalue weighted by molar-refractivity contribution is 5.89. The molecule has 0 aromatic carbocycles. The predicted octanol–water partition coefficient (Wildman–Crippen LogP) is 2.84. The minimum Gasteiger partial charge on any atom is -0.368 e. The van der Waals surface area contributed by atoms with E-state index in [-0.39, 0.29) is 5.54 Å². The van der Waals surface area contributed by atoms with Crippen molar-refractivity contribution in [3.63, 3.8) is 0 Å². The summed E-state index contributed by atoms with van der Waals surface area (Å²) >= 11 is 0. The Hall–Kier alpha value is -2.60. The third-order valence-electron chi connectivity index (χ3n) is 4.34. The standard InChI is InChI=1S/C18H22N6/c1-18(2,24(3)4)12-21-17-14-7-10-20-11-15(14)22-16(23-17)13-5-8-19-9-6-13/h5-11H,12H2,1-4H3,(H,21,22,23). The van der Waals surface area contributed by atoms with E-state index in [2.05, 4.69) is 53.1 Å². The molecule has 0 amide bonds. The van der Waals surface area contributed by atoms with Crippen LogP contribution in [0.1, 0.15) is 13.8 Å². The van der Waals surface area contributed by atoms with Gasteiger partial charge < -0.3 is 10.2 Å². The second-order valence-electron chi connectivity index (χ2n) is 6.58. The van der Waals surface area contributed by atoms with Crippen LogP contribution in [0, 0.1) is 0 Å². The molecule has 3 aromatic rings. The summed E-state index contributed by atoms with van der Waals surface area (Å²) in [5.41, 5.74) is 1.76. The van der Waals surface area contributed by atoms with E-state index in [1.54, 1.807) is 24.8 Å². The van der Waals surface area contributed by atoms with E-state index in [0.29, 0.717) is 5.82 Å². The highest BCUT2D eigenvalue weighted by atomic mass is 15.2. The average Bonchev–Trinajstić information content (AvgIpc) is 2.60. The number of anilines is 1. The van der Waals surface area contributed by atoms with Crippen molar-refractivity contribution < 1.29 is 0 Å². The summed E-state index contributed by atoms with van der Waals surface area (Å²) < 4.78 is 0. The van der Waals surface area contributed by atoms with Gasteiger partial charge in [0, 0.05) is 41.6 Å². The molecule has 0 aliphatic heterocycles. The molecule has 0 atom stereocenters. The second kappa shape index (κ2) is 6.49. The molecule has 0 bridgehead atoms. The molecule has 3 rings (SSSR count). The number of nitrogens with zero attached hydrogens (tertiary/aromatic N) is 5. The topological polar surface area (TPSA) is 66.8 Å². The predicted molar refractivity (Wildman–Crippen MR) is 96.8 cm³/mol. The van der Waals surface area contributed by atoms with Gasteiger partial charge in [-0.15, -0.1) is 0 Å². The lowest BCUT2D eigenvalue weighted by Crippen LogP contribution is -2.44. The molecule has 0 fully saturated rings. The first-order valence-corrected chi connectivity index (χ1v) is 7.91. The maximum Gasteiger partial charge on any atom is 0.162 e. The first kappa shape index (κ1) is 16.3. The first-order chi connectivity index (χ1) is 11.5. The van der Waals surface area contributed by atoms with Crippen molar-refractivity contribution in [3.05, 3.63) is 43.0 Å². The summed E-state index contributed by atoms with van der Waals surface area (Å²) in [5, 5.41) is 4.45. The van der Waals surface area contributed by atoms with E-state index in [0.717, 1.165) is 28.8 Å². The number of pyridine rings is 2. The molecular weight excluding hydrogens is 300 g/mol. The van der Waals surface area contributed by atoms with Crippen LogP contribution in [0.5, 0.6) is 0 Å². The van der Waals surface area contributed by atoms with Crippen LogP contribution in [0.2, 0.25) is 0 Å². The maximum absolute atomic E-state index is 4.74. The number of rotatable bonds is 5. The molecule has 0 aliphatic rings. The van der Waals surface area contributed by atoms with Crippen molar-refractivity contribution in [1.29, 1.82) is 0 Å². The van der Waals surface area contributed by atoms with Gasteiger partial charge in [0.05, 0.1) is 11.7 Å². The normalized spacial score (nSPS) is 11.9. The number of hydrogen-bond donors (Lipinski definition) is 1. The molecule has 24 heavy (non-hydrogen) atoms. The molecule has 124 valence electrons. The second-order valence-corrected chi connectivity index (χ2v) is 6.58. The van der Waals surface area contributed by atoms with Crippen molar-refractivity contribution in [2.24, 2.45) is 0 Å². The Labute approximate surface area is 142 Å². The van der Waals surface area contributed by atoms with Gasteiger partial charge in [0.15, 0.2) is 5.82 Å². The van der Waals surface area contributed by atoms with E-state index < -0.39 is 0 Å². The van der Waals surface area contributed by atoms with Gasteiger partial charge in [0.1, 0.15) is 5.82 Å². The summed E-state index contributed by atoms with van der Waals surface area (Å²) in [6.45, 7) is 5.15. The Morgan fingerprint density at radius 2 is 1.71 bits per heavy atom. The molecule has 0 aliphatic carbocycles. The van der Waals surface area contributed by atoms with Crippen molar-refractivity contribution >= 4 is 16.7 Å². The third kappa shape index (κ3) is 3.33. The van der Waals surface area contributed by atoms with Crippen LogP contribution >= 0.6 is 0 Å².